The molecule has 188 valence electrons. The lowest BCUT2D eigenvalue weighted by molar-refractivity contribution is 0.611. The van der Waals surface area contributed by atoms with Crippen LogP contribution in [0.2, 0.25) is 0 Å². The minimum atomic E-state index is 0.525. The van der Waals surface area contributed by atoms with Crippen LogP contribution in [-0.4, -0.2) is 4.98 Å². The monoisotopic (exact) mass is 532 g/mol. The van der Waals surface area contributed by atoms with Crippen molar-refractivity contribution in [1.82, 2.24) is 4.98 Å². The highest BCUT2D eigenvalue weighted by Crippen LogP contribution is 2.43. The first-order valence-corrected chi connectivity index (χ1v) is 14.0. The van der Waals surface area contributed by atoms with E-state index in [4.69, 9.17) is 13.8 Å². The molecule has 3 aromatic heterocycles. The van der Waals surface area contributed by atoms with Gasteiger partial charge in [0.05, 0.1) is 11.4 Å². The molecule has 0 atom stereocenters. The lowest BCUT2D eigenvalue weighted by Gasteiger charge is -2.21. The van der Waals surface area contributed by atoms with E-state index in [1.165, 1.54) is 20.2 Å². The summed E-state index contributed by atoms with van der Waals surface area (Å²) in [7, 11) is 0. The highest BCUT2D eigenvalue weighted by atomic mass is 32.1. The van der Waals surface area contributed by atoms with Crippen LogP contribution in [-0.2, 0) is 0 Å². The average molecular weight is 533 g/mol. The molecule has 5 heteroatoms. The van der Waals surface area contributed by atoms with Crippen LogP contribution in [0.4, 0.5) is 17.4 Å². The van der Waals surface area contributed by atoms with Crippen molar-refractivity contribution in [3.63, 3.8) is 0 Å². The fourth-order valence-electron chi connectivity index (χ4n) is 5.82. The Hall–Kier alpha value is -5.13. The van der Waals surface area contributed by atoms with E-state index in [2.05, 4.69) is 83.8 Å². The normalized spacial score (nSPS) is 12.0. The molecule has 0 N–H and O–H groups in total. The molecular weight excluding hydrogens is 512 g/mol. The fourth-order valence-corrected chi connectivity index (χ4v) is 6.90. The molecule has 40 heavy (non-hydrogen) atoms. The van der Waals surface area contributed by atoms with Crippen molar-refractivity contribution in [3.8, 4) is 0 Å². The first-order valence-electron chi connectivity index (χ1n) is 13.2. The van der Waals surface area contributed by atoms with E-state index >= 15 is 0 Å². The third-order valence-corrected chi connectivity index (χ3v) is 8.85. The van der Waals surface area contributed by atoms with Gasteiger partial charge in [0, 0.05) is 36.3 Å². The number of para-hydroxylation sites is 1. The molecule has 0 aliphatic carbocycles. The molecule has 6 aromatic carbocycles. The highest BCUT2D eigenvalue weighted by Gasteiger charge is 2.22. The SMILES string of the molecule is c1ccc2c(c1)ccc1nc(N(c3ccc4oc5ccccc5c4c3)c3ccc4sc5ccccc5c4c3)oc12. The molecule has 0 saturated heterocycles. The molecule has 9 rings (SSSR count). The van der Waals surface area contributed by atoms with Crippen molar-refractivity contribution in [2.75, 3.05) is 4.90 Å². The summed E-state index contributed by atoms with van der Waals surface area (Å²) in [5, 5.41) is 6.79. The molecular formula is C35H20N2O2S. The third-order valence-electron chi connectivity index (χ3n) is 7.70. The van der Waals surface area contributed by atoms with Gasteiger partial charge in [-0.2, -0.15) is 4.98 Å². The van der Waals surface area contributed by atoms with Crippen LogP contribution >= 0.6 is 11.3 Å². The lowest BCUT2D eigenvalue weighted by atomic mass is 10.1. The Kier molecular flexibility index (Phi) is 4.45. The van der Waals surface area contributed by atoms with Crippen LogP contribution in [0.1, 0.15) is 0 Å². The molecule has 0 amide bonds. The second-order valence-corrected chi connectivity index (χ2v) is 11.1. The van der Waals surface area contributed by atoms with E-state index < -0.39 is 0 Å². The molecule has 3 heterocycles. The summed E-state index contributed by atoms with van der Waals surface area (Å²) in [5.41, 5.74) is 5.28. The molecule has 0 spiro atoms. The van der Waals surface area contributed by atoms with Crippen LogP contribution in [0.25, 0.3) is 64.0 Å². The Balaban J connectivity index is 1.32. The molecule has 9 aromatic rings. The van der Waals surface area contributed by atoms with Crippen LogP contribution in [0, 0.1) is 0 Å². The van der Waals surface area contributed by atoms with Gasteiger partial charge in [0.2, 0.25) is 0 Å². The summed E-state index contributed by atoms with van der Waals surface area (Å²) in [4.78, 5) is 7.13. The maximum atomic E-state index is 6.61. The first kappa shape index (κ1) is 21.8. The minimum Gasteiger partial charge on any atom is -0.456 e. The zero-order chi connectivity index (χ0) is 26.2. The number of benzene rings is 6. The van der Waals surface area contributed by atoms with Gasteiger partial charge in [-0.05, 0) is 60.0 Å². The second kappa shape index (κ2) is 8.18. The van der Waals surface area contributed by atoms with Gasteiger partial charge in [0.25, 0.3) is 0 Å². The maximum absolute atomic E-state index is 6.61. The Morgan fingerprint density at radius 3 is 2.15 bits per heavy atom. The molecule has 0 aliphatic heterocycles. The van der Waals surface area contributed by atoms with Crippen molar-refractivity contribution < 1.29 is 8.83 Å². The van der Waals surface area contributed by atoms with Gasteiger partial charge in [0.15, 0.2) is 5.58 Å². The van der Waals surface area contributed by atoms with Crippen LogP contribution < -0.4 is 4.90 Å². The molecule has 0 fully saturated rings. The van der Waals surface area contributed by atoms with Gasteiger partial charge in [-0.1, -0.05) is 66.7 Å². The number of furan rings is 1. The summed E-state index contributed by atoms with van der Waals surface area (Å²) in [6.07, 6.45) is 0. The summed E-state index contributed by atoms with van der Waals surface area (Å²) >= 11 is 1.81. The minimum absolute atomic E-state index is 0.525. The van der Waals surface area contributed by atoms with E-state index in [1.807, 2.05) is 53.8 Å². The van der Waals surface area contributed by atoms with Crippen molar-refractivity contribution in [2.45, 2.75) is 0 Å². The van der Waals surface area contributed by atoms with Crippen LogP contribution in [0.5, 0.6) is 0 Å². The van der Waals surface area contributed by atoms with Crippen molar-refractivity contribution >= 4 is 92.7 Å². The molecule has 0 radical (unpaired) electrons. The van der Waals surface area contributed by atoms with Crippen molar-refractivity contribution in [1.29, 1.82) is 0 Å². The van der Waals surface area contributed by atoms with E-state index in [1.54, 1.807) is 0 Å². The standard InChI is InChI=1S/C35H20N2O2S/c1-2-8-24-21(7-1)13-16-29-34(24)39-35(36-29)37(22-14-17-31-27(19-22)25-9-3-5-11-30(25)38-31)23-15-18-33-28(20-23)26-10-4-6-12-32(26)40-33/h1-20H. The summed E-state index contributed by atoms with van der Waals surface area (Å²) in [5.74, 6) is 0. The number of rotatable bonds is 3. The number of nitrogens with zero attached hydrogens (tertiary/aromatic N) is 2. The smallest absolute Gasteiger partial charge is 0.307 e. The zero-order valence-electron chi connectivity index (χ0n) is 21.2. The van der Waals surface area contributed by atoms with Crippen molar-refractivity contribution in [3.05, 3.63) is 121 Å². The van der Waals surface area contributed by atoms with Gasteiger partial charge in [-0.3, -0.25) is 4.90 Å². The number of anilines is 3. The van der Waals surface area contributed by atoms with E-state index in [0.717, 1.165) is 55.2 Å². The molecule has 0 aliphatic rings. The van der Waals surface area contributed by atoms with Gasteiger partial charge in [-0.25, -0.2) is 0 Å². The van der Waals surface area contributed by atoms with E-state index in [-0.39, 0.29) is 0 Å². The van der Waals surface area contributed by atoms with E-state index in [0.29, 0.717) is 6.01 Å². The largest absolute Gasteiger partial charge is 0.456 e. The number of aromatic nitrogens is 1. The average Bonchev–Trinajstić information content (AvgIpc) is 3.70. The predicted octanol–water partition coefficient (Wildman–Crippen LogP) is 10.7. The molecule has 4 nitrogen and oxygen atoms in total. The molecule has 0 bridgehead atoms. The predicted molar refractivity (Wildman–Crippen MR) is 166 cm³/mol. The van der Waals surface area contributed by atoms with Gasteiger partial charge < -0.3 is 8.83 Å². The number of hydrogen-bond acceptors (Lipinski definition) is 5. The molecule has 0 unspecified atom stereocenters. The number of fused-ring (bicyclic) bond motifs is 9. The Morgan fingerprint density at radius 1 is 0.525 bits per heavy atom. The number of hydrogen-bond donors (Lipinski definition) is 0. The lowest BCUT2D eigenvalue weighted by Crippen LogP contribution is -2.10. The molecule has 0 saturated carbocycles. The highest BCUT2D eigenvalue weighted by molar-refractivity contribution is 7.25. The van der Waals surface area contributed by atoms with Gasteiger partial charge in [0.1, 0.15) is 16.7 Å². The number of oxazole rings is 1. The van der Waals surface area contributed by atoms with Crippen LogP contribution in [0.3, 0.4) is 0 Å². The van der Waals surface area contributed by atoms with Crippen molar-refractivity contribution in [2.24, 2.45) is 0 Å². The Labute approximate surface area is 232 Å². The third kappa shape index (κ3) is 3.15. The summed E-state index contributed by atoms with van der Waals surface area (Å²) < 4.78 is 15.3. The van der Waals surface area contributed by atoms with Gasteiger partial charge in [-0.15, -0.1) is 11.3 Å². The van der Waals surface area contributed by atoms with Gasteiger partial charge >= 0.3 is 6.01 Å². The Bertz CT molecular complexity index is 2290. The summed E-state index contributed by atoms with van der Waals surface area (Å²) in [6, 6.07) is 42.5. The summed E-state index contributed by atoms with van der Waals surface area (Å²) in [6.45, 7) is 0. The van der Waals surface area contributed by atoms with E-state index in [9.17, 15) is 0 Å². The zero-order valence-corrected chi connectivity index (χ0v) is 22.0. The number of thiophene rings is 1. The Morgan fingerprint density at radius 2 is 1.23 bits per heavy atom. The fraction of sp³-hybridized carbons (Fsp3) is 0. The second-order valence-electron chi connectivity index (χ2n) is 10.0. The maximum Gasteiger partial charge on any atom is 0.307 e. The van der Waals surface area contributed by atoms with Crippen LogP contribution in [0.15, 0.2) is 130 Å². The first-order chi connectivity index (χ1) is 19.8. The topological polar surface area (TPSA) is 42.4 Å². The quantitative estimate of drug-likeness (QED) is 0.227.